The summed E-state index contributed by atoms with van der Waals surface area (Å²) >= 11 is 0. The molecule has 1 amide bonds. The van der Waals surface area contributed by atoms with Gasteiger partial charge in [-0.25, -0.2) is 4.39 Å². The van der Waals surface area contributed by atoms with E-state index in [4.69, 9.17) is 0 Å². The molecule has 0 aromatic rings. The minimum atomic E-state index is -0.270. The maximum atomic E-state index is 14.5. The third kappa shape index (κ3) is 5.93. The molecular weight excluding hydrogens is 305 g/mol. The van der Waals surface area contributed by atoms with Gasteiger partial charge in [-0.05, 0) is 57.7 Å². The number of nitrogens with one attached hydrogen (secondary N) is 2. The molecule has 2 N–H and O–H groups in total. The second-order valence-corrected chi connectivity index (χ2v) is 7.54. The Bertz CT molecular complexity index is 497. The number of carbonyl (C=O) groups is 1. The SMILES string of the molecule is CNCCC(C)(C)CCN(C)C1=C(F)C=C(C(C)C(=O)NC)CC1. The van der Waals surface area contributed by atoms with Gasteiger partial charge in [-0.1, -0.05) is 19.4 Å². The Kier molecular flexibility index (Phi) is 7.94. The molecule has 1 atom stereocenters. The molecule has 24 heavy (non-hydrogen) atoms. The summed E-state index contributed by atoms with van der Waals surface area (Å²) in [6.45, 7) is 8.18. The fourth-order valence-electron chi connectivity index (χ4n) is 2.99. The van der Waals surface area contributed by atoms with Gasteiger partial charge >= 0.3 is 0 Å². The number of hydrogen-bond acceptors (Lipinski definition) is 3. The van der Waals surface area contributed by atoms with Crippen molar-refractivity contribution in [2.75, 3.05) is 34.2 Å². The first-order valence-electron chi connectivity index (χ1n) is 8.88. The van der Waals surface area contributed by atoms with Crippen LogP contribution in [0.4, 0.5) is 4.39 Å². The van der Waals surface area contributed by atoms with Crippen LogP contribution in [-0.2, 0) is 4.79 Å². The first-order valence-corrected chi connectivity index (χ1v) is 8.88. The van der Waals surface area contributed by atoms with Crippen LogP contribution in [0.5, 0.6) is 0 Å². The van der Waals surface area contributed by atoms with Crippen molar-refractivity contribution >= 4 is 5.91 Å². The monoisotopic (exact) mass is 339 g/mol. The standard InChI is InChI=1S/C19H34FN3O/c1-14(18(24)22-5)15-7-8-17(16(20)13-15)23(6)12-10-19(2,3)9-11-21-4/h13-14,21H,7-12H2,1-6H3,(H,22,24). The zero-order valence-electron chi connectivity index (χ0n) is 16.1. The fraction of sp³-hybridized carbons (Fsp3) is 0.737. The molecule has 0 saturated heterocycles. The number of nitrogens with zero attached hydrogens (tertiary/aromatic N) is 1. The molecule has 4 nitrogen and oxygen atoms in total. The van der Waals surface area contributed by atoms with Gasteiger partial charge in [0, 0.05) is 26.3 Å². The van der Waals surface area contributed by atoms with Crippen molar-refractivity contribution in [3.05, 3.63) is 23.2 Å². The van der Waals surface area contributed by atoms with E-state index in [0.29, 0.717) is 6.42 Å². The molecule has 0 heterocycles. The van der Waals surface area contributed by atoms with Gasteiger partial charge in [0.25, 0.3) is 0 Å². The lowest BCUT2D eigenvalue weighted by atomic mass is 9.85. The number of amides is 1. The van der Waals surface area contributed by atoms with Crippen LogP contribution >= 0.6 is 0 Å². The highest BCUT2D eigenvalue weighted by atomic mass is 19.1. The highest BCUT2D eigenvalue weighted by Crippen LogP contribution is 2.32. The summed E-state index contributed by atoms with van der Waals surface area (Å²) in [6, 6.07) is 0. The van der Waals surface area contributed by atoms with Crippen LogP contribution in [0.2, 0.25) is 0 Å². The number of halogens is 1. The zero-order chi connectivity index (χ0) is 18.3. The summed E-state index contributed by atoms with van der Waals surface area (Å²) < 4.78 is 14.5. The number of hydrogen-bond donors (Lipinski definition) is 2. The second kappa shape index (κ2) is 9.21. The average Bonchev–Trinajstić information content (AvgIpc) is 2.56. The predicted octanol–water partition coefficient (Wildman–Crippen LogP) is 3.23. The van der Waals surface area contributed by atoms with Crippen molar-refractivity contribution in [1.29, 1.82) is 0 Å². The lowest BCUT2D eigenvalue weighted by Gasteiger charge is -2.31. The first-order chi connectivity index (χ1) is 11.2. The first kappa shape index (κ1) is 20.7. The topological polar surface area (TPSA) is 44.4 Å². The number of allylic oxidation sites excluding steroid dienone is 3. The van der Waals surface area contributed by atoms with Crippen molar-refractivity contribution in [3.8, 4) is 0 Å². The van der Waals surface area contributed by atoms with Gasteiger partial charge in [0.05, 0.1) is 5.92 Å². The molecule has 1 aliphatic rings. The maximum Gasteiger partial charge on any atom is 0.226 e. The maximum absolute atomic E-state index is 14.5. The van der Waals surface area contributed by atoms with E-state index in [0.717, 1.165) is 43.6 Å². The Morgan fingerprint density at radius 3 is 2.54 bits per heavy atom. The Labute approximate surface area is 146 Å². The molecule has 1 unspecified atom stereocenters. The molecular formula is C19H34FN3O. The molecule has 138 valence electrons. The van der Waals surface area contributed by atoms with E-state index in [1.54, 1.807) is 13.1 Å². The quantitative estimate of drug-likeness (QED) is 0.678. The predicted molar refractivity (Wildman–Crippen MR) is 98.3 cm³/mol. The highest BCUT2D eigenvalue weighted by Gasteiger charge is 2.24. The molecule has 0 radical (unpaired) electrons. The molecule has 5 heteroatoms. The van der Waals surface area contributed by atoms with Crippen molar-refractivity contribution in [2.24, 2.45) is 11.3 Å². The van der Waals surface area contributed by atoms with E-state index in [1.165, 1.54) is 0 Å². The van der Waals surface area contributed by atoms with Gasteiger partial charge in [0.15, 0.2) is 0 Å². The Balaban J connectivity index is 2.69. The highest BCUT2D eigenvalue weighted by molar-refractivity contribution is 5.81. The smallest absolute Gasteiger partial charge is 0.226 e. The van der Waals surface area contributed by atoms with E-state index < -0.39 is 0 Å². The van der Waals surface area contributed by atoms with Gasteiger partial charge in [-0.3, -0.25) is 4.79 Å². The molecule has 1 rings (SSSR count). The van der Waals surface area contributed by atoms with Crippen molar-refractivity contribution in [1.82, 2.24) is 15.5 Å². The summed E-state index contributed by atoms with van der Waals surface area (Å²) in [5.74, 6) is -0.521. The van der Waals surface area contributed by atoms with E-state index >= 15 is 0 Å². The summed E-state index contributed by atoms with van der Waals surface area (Å²) in [5.41, 5.74) is 1.86. The minimum Gasteiger partial charge on any atom is -0.376 e. The van der Waals surface area contributed by atoms with Gasteiger partial charge in [0.2, 0.25) is 5.91 Å². The summed E-state index contributed by atoms with van der Waals surface area (Å²) in [6.07, 6.45) is 5.08. The number of rotatable bonds is 9. The van der Waals surface area contributed by atoms with Crippen molar-refractivity contribution in [3.63, 3.8) is 0 Å². The molecule has 0 aliphatic heterocycles. The third-order valence-electron chi connectivity index (χ3n) is 5.07. The van der Waals surface area contributed by atoms with E-state index in [-0.39, 0.29) is 23.1 Å². The lowest BCUT2D eigenvalue weighted by molar-refractivity contribution is -0.123. The minimum absolute atomic E-state index is 0.0582. The van der Waals surface area contributed by atoms with Gasteiger partial charge in [-0.15, -0.1) is 0 Å². The van der Waals surface area contributed by atoms with Crippen LogP contribution in [0.15, 0.2) is 23.2 Å². The molecule has 0 aromatic heterocycles. The molecule has 0 spiro atoms. The third-order valence-corrected chi connectivity index (χ3v) is 5.07. The molecule has 0 fully saturated rings. The molecule has 0 aromatic carbocycles. The Morgan fingerprint density at radius 2 is 2.00 bits per heavy atom. The van der Waals surface area contributed by atoms with Crippen molar-refractivity contribution < 1.29 is 9.18 Å². The summed E-state index contributed by atoms with van der Waals surface area (Å²) in [5, 5.41) is 5.82. The molecule has 0 bridgehead atoms. The second-order valence-electron chi connectivity index (χ2n) is 7.54. The zero-order valence-corrected chi connectivity index (χ0v) is 16.1. The summed E-state index contributed by atoms with van der Waals surface area (Å²) in [7, 11) is 5.54. The van der Waals surface area contributed by atoms with Crippen LogP contribution in [0, 0.1) is 11.3 Å². The van der Waals surface area contributed by atoms with Gasteiger partial charge in [0.1, 0.15) is 5.83 Å². The number of carbonyl (C=O) groups excluding carboxylic acids is 1. The largest absolute Gasteiger partial charge is 0.376 e. The summed E-state index contributed by atoms with van der Waals surface area (Å²) in [4.78, 5) is 13.8. The Morgan fingerprint density at radius 1 is 1.33 bits per heavy atom. The van der Waals surface area contributed by atoms with Crippen LogP contribution < -0.4 is 10.6 Å². The van der Waals surface area contributed by atoms with E-state index in [2.05, 4.69) is 24.5 Å². The van der Waals surface area contributed by atoms with Crippen molar-refractivity contribution in [2.45, 2.75) is 46.5 Å². The molecule has 1 aliphatic carbocycles. The fourth-order valence-corrected chi connectivity index (χ4v) is 2.99. The van der Waals surface area contributed by atoms with Gasteiger partial charge < -0.3 is 15.5 Å². The molecule has 0 saturated carbocycles. The van der Waals surface area contributed by atoms with E-state index in [9.17, 15) is 9.18 Å². The van der Waals surface area contributed by atoms with Crippen LogP contribution in [0.1, 0.15) is 46.5 Å². The normalized spacial score (nSPS) is 16.7. The van der Waals surface area contributed by atoms with E-state index in [1.807, 2.05) is 25.9 Å². The van der Waals surface area contributed by atoms with Crippen LogP contribution in [0.25, 0.3) is 0 Å². The van der Waals surface area contributed by atoms with Crippen LogP contribution in [-0.4, -0.2) is 45.0 Å². The average molecular weight is 339 g/mol. The Hall–Kier alpha value is -1.36. The van der Waals surface area contributed by atoms with Crippen LogP contribution in [0.3, 0.4) is 0 Å². The lowest BCUT2D eigenvalue weighted by Crippen LogP contribution is -2.29. The van der Waals surface area contributed by atoms with Gasteiger partial charge in [-0.2, -0.15) is 0 Å².